The summed E-state index contributed by atoms with van der Waals surface area (Å²) in [4.78, 5) is 0. The van der Waals surface area contributed by atoms with Crippen molar-refractivity contribution in [3.8, 4) is 0 Å². The molecular formula is C17H22Br2N2. The minimum Gasteiger partial charge on any atom is -0.270 e. The normalized spacial score (nSPS) is 12.1. The summed E-state index contributed by atoms with van der Waals surface area (Å²) in [5.41, 5.74) is 3.81. The van der Waals surface area contributed by atoms with Gasteiger partial charge in [-0.3, -0.25) is 4.68 Å². The molecule has 114 valence electrons. The minimum atomic E-state index is 0.0316. The Morgan fingerprint density at radius 2 is 1.71 bits per heavy atom. The fourth-order valence-corrected chi connectivity index (χ4v) is 4.37. The van der Waals surface area contributed by atoms with Crippen LogP contribution in [0.15, 0.2) is 36.5 Å². The lowest BCUT2D eigenvalue weighted by Gasteiger charge is -2.30. The molecule has 21 heavy (non-hydrogen) atoms. The van der Waals surface area contributed by atoms with E-state index in [0.717, 1.165) is 22.8 Å². The lowest BCUT2D eigenvalue weighted by Crippen LogP contribution is -2.33. The Kier molecular flexibility index (Phi) is 5.67. The van der Waals surface area contributed by atoms with E-state index < -0.39 is 0 Å². The maximum absolute atomic E-state index is 4.71. The van der Waals surface area contributed by atoms with E-state index in [4.69, 9.17) is 5.10 Å². The summed E-state index contributed by atoms with van der Waals surface area (Å²) in [6.07, 6.45) is 2.99. The van der Waals surface area contributed by atoms with Crippen molar-refractivity contribution in [1.82, 2.24) is 9.78 Å². The molecule has 0 atom stereocenters. The topological polar surface area (TPSA) is 17.8 Å². The highest BCUT2D eigenvalue weighted by Crippen LogP contribution is 2.32. The summed E-state index contributed by atoms with van der Waals surface area (Å²) in [6.45, 7) is 6.43. The van der Waals surface area contributed by atoms with Gasteiger partial charge in [0.1, 0.15) is 0 Å². The highest BCUT2D eigenvalue weighted by atomic mass is 79.9. The molecule has 0 aliphatic carbocycles. The van der Waals surface area contributed by atoms with Gasteiger partial charge in [-0.15, -0.1) is 0 Å². The Morgan fingerprint density at radius 3 is 2.19 bits per heavy atom. The lowest BCUT2D eigenvalue weighted by molar-refractivity contribution is 0.502. The number of aryl methyl sites for hydroxylation is 1. The second kappa shape index (κ2) is 7.10. The first-order valence-corrected chi connectivity index (χ1v) is 9.48. The van der Waals surface area contributed by atoms with E-state index in [1.165, 1.54) is 11.1 Å². The van der Waals surface area contributed by atoms with Crippen molar-refractivity contribution >= 4 is 31.9 Å². The van der Waals surface area contributed by atoms with Crippen molar-refractivity contribution < 1.29 is 0 Å². The van der Waals surface area contributed by atoms with Gasteiger partial charge < -0.3 is 0 Å². The Bertz CT molecular complexity index is 569. The van der Waals surface area contributed by atoms with Crippen LogP contribution in [0.1, 0.15) is 36.7 Å². The number of rotatable bonds is 6. The molecule has 0 saturated carbocycles. The minimum absolute atomic E-state index is 0.0316. The van der Waals surface area contributed by atoms with Crippen molar-refractivity contribution in [2.45, 2.75) is 38.6 Å². The average molecular weight is 414 g/mol. The van der Waals surface area contributed by atoms with Crippen LogP contribution in [0.5, 0.6) is 0 Å². The van der Waals surface area contributed by atoms with Crippen LogP contribution in [-0.4, -0.2) is 20.4 Å². The number of alkyl halides is 2. The van der Waals surface area contributed by atoms with Crippen LogP contribution in [-0.2, 0) is 11.8 Å². The van der Waals surface area contributed by atoms with E-state index in [-0.39, 0.29) is 5.41 Å². The van der Waals surface area contributed by atoms with E-state index in [1.54, 1.807) is 0 Å². The maximum Gasteiger partial charge on any atom is 0.0634 e. The van der Waals surface area contributed by atoms with Crippen molar-refractivity contribution in [2.24, 2.45) is 0 Å². The number of aromatic nitrogens is 2. The molecular weight excluding hydrogens is 392 g/mol. The fraction of sp³-hybridized carbons (Fsp3) is 0.471. The van der Waals surface area contributed by atoms with Gasteiger partial charge in [-0.1, -0.05) is 61.7 Å². The maximum atomic E-state index is 4.71. The fourth-order valence-electron chi connectivity index (χ4n) is 2.40. The Hall–Kier alpha value is -0.610. The third-order valence-corrected chi connectivity index (χ3v) is 6.03. The van der Waals surface area contributed by atoms with Gasteiger partial charge in [0.2, 0.25) is 0 Å². The number of halogens is 2. The summed E-state index contributed by atoms with van der Waals surface area (Å²) in [5.74, 6) is 0. The summed E-state index contributed by atoms with van der Waals surface area (Å²) in [5, 5.41) is 6.52. The molecule has 0 fully saturated rings. The van der Waals surface area contributed by atoms with Crippen LogP contribution in [0.2, 0.25) is 0 Å². The molecule has 0 unspecified atom stereocenters. The average Bonchev–Trinajstić information content (AvgIpc) is 2.94. The van der Waals surface area contributed by atoms with Gasteiger partial charge in [-0.25, -0.2) is 0 Å². The lowest BCUT2D eigenvalue weighted by atomic mass is 9.80. The first-order chi connectivity index (χ1) is 10.0. The summed E-state index contributed by atoms with van der Waals surface area (Å²) >= 11 is 7.43. The smallest absolute Gasteiger partial charge is 0.0634 e. The highest BCUT2D eigenvalue weighted by Gasteiger charge is 2.31. The van der Waals surface area contributed by atoms with Crippen LogP contribution in [0.4, 0.5) is 0 Å². The molecule has 4 heteroatoms. The van der Waals surface area contributed by atoms with Gasteiger partial charge in [-0.05, 0) is 32.4 Å². The predicted octanol–water partition coefficient (Wildman–Crippen LogP) is 5.04. The largest absolute Gasteiger partial charge is 0.270 e. The van der Waals surface area contributed by atoms with Gasteiger partial charge in [0, 0.05) is 34.7 Å². The number of hydrogen-bond acceptors (Lipinski definition) is 1. The molecule has 1 heterocycles. The summed E-state index contributed by atoms with van der Waals surface area (Å²) in [6, 6.07) is 11.4. The molecule has 0 bridgehead atoms. The molecule has 0 radical (unpaired) electrons. The van der Waals surface area contributed by atoms with Crippen LogP contribution < -0.4 is 0 Å². The Labute approximate surface area is 144 Å². The van der Waals surface area contributed by atoms with Crippen LogP contribution in [0.3, 0.4) is 0 Å². The standard InChI is InChI=1S/C17H22Br2N2/c1-13(2)21-9-8-16(20-21)10-17(11-18,12-19)15-6-4-14(3)5-7-15/h4-9,13H,10-12H2,1-3H3. The molecule has 0 aliphatic heterocycles. The van der Waals surface area contributed by atoms with E-state index in [1.807, 2.05) is 4.68 Å². The van der Waals surface area contributed by atoms with Crippen LogP contribution in [0.25, 0.3) is 0 Å². The molecule has 1 aromatic heterocycles. The molecule has 2 aromatic rings. The molecule has 0 N–H and O–H groups in total. The highest BCUT2D eigenvalue weighted by molar-refractivity contribution is 9.09. The van der Waals surface area contributed by atoms with E-state index in [0.29, 0.717) is 6.04 Å². The molecule has 2 nitrogen and oxygen atoms in total. The zero-order valence-electron chi connectivity index (χ0n) is 12.8. The molecule has 0 amide bonds. The van der Waals surface area contributed by atoms with Gasteiger partial charge in [0.25, 0.3) is 0 Å². The van der Waals surface area contributed by atoms with Gasteiger partial charge >= 0.3 is 0 Å². The first kappa shape index (κ1) is 16.8. The molecule has 2 rings (SSSR count). The van der Waals surface area contributed by atoms with E-state index >= 15 is 0 Å². The number of nitrogens with zero attached hydrogens (tertiary/aromatic N) is 2. The second-order valence-corrected chi connectivity index (χ2v) is 7.09. The monoisotopic (exact) mass is 412 g/mol. The van der Waals surface area contributed by atoms with Gasteiger partial charge in [0.15, 0.2) is 0 Å². The predicted molar refractivity (Wildman–Crippen MR) is 96.8 cm³/mol. The van der Waals surface area contributed by atoms with Crippen molar-refractivity contribution in [3.05, 3.63) is 53.3 Å². The van der Waals surface area contributed by atoms with Gasteiger partial charge in [-0.2, -0.15) is 5.10 Å². The van der Waals surface area contributed by atoms with Crippen molar-refractivity contribution in [1.29, 1.82) is 0 Å². The molecule has 0 spiro atoms. The summed E-state index contributed by atoms with van der Waals surface area (Å²) in [7, 11) is 0. The van der Waals surface area contributed by atoms with Crippen molar-refractivity contribution in [2.75, 3.05) is 10.7 Å². The molecule has 0 aliphatic rings. The first-order valence-electron chi connectivity index (χ1n) is 7.24. The third-order valence-electron chi connectivity index (χ3n) is 3.89. The van der Waals surface area contributed by atoms with Crippen LogP contribution >= 0.6 is 31.9 Å². The van der Waals surface area contributed by atoms with Crippen molar-refractivity contribution in [3.63, 3.8) is 0 Å². The molecule has 1 aromatic carbocycles. The second-order valence-electron chi connectivity index (χ2n) is 5.97. The van der Waals surface area contributed by atoms with Gasteiger partial charge in [0.05, 0.1) is 5.69 Å². The number of hydrogen-bond donors (Lipinski definition) is 0. The SMILES string of the molecule is Cc1ccc(C(CBr)(CBr)Cc2ccn(C(C)C)n2)cc1. The summed E-state index contributed by atoms with van der Waals surface area (Å²) < 4.78 is 2.03. The Morgan fingerprint density at radius 1 is 1.10 bits per heavy atom. The third kappa shape index (κ3) is 3.78. The van der Waals surface area contributed by atoms with E-state index in [9.17, 15) is 0 Å². The van der Waals surface area contributed by atoms with Crippen LogP contribution in [0, 0.1) is 6.92 Å². The Balaban J connectivity index is 2.30. The van der Waals surface area contributed by atoms with E-state index in [2.05, 4.69) is 89.2 Å². The molecule has 0 saturated heterocycles. The quantitative estimate of drug-likeness (QED) is 0.606. The zero-order valence-corrected chi connectivity index (χ0v) is 16.0. The number of benzene rings is 1. The zero-order chi connectivity index (χ0) is 15.5.